The Hall–Kier alpha value is -7.95. The fourth-order valence-electron chi connectivity index (χ4n) is 8.76. The first-order chi connectivity index (χ1) is 30.2. The van der Waals surface area contributed by atoms with Crippen molar-refractivity contribution < 1.29 is 0 Å². The van der Waals surface area contributed by atoms with Crippen LogP contribution in [0.1, 0.15) is 17.9 Å². The normalized spacial score (nSPS) is 13.5. The zero-order chi connectivity index (χ0) is 40.5. The van der Waals surface area contributed by atoms with Crippen molar-refractivity contribution in [2.45, 2.75) is 12.3 Å². The minimum absolute atomic E-state index is 0.346. The van der Waals surface area contributed by atoms with E-state index in [0.29, 0.717) is 23.4 Å². The summed E-state index contributed by atoms with van der Waals surface area (Å²) >= 11 is 0. The van der Waals surface area contributed by atoms with Crippen LogP contribution in [0.25, 0.3) is 95.0 Å². The van der Waals surface area contributed by atoms with Gasteiger partial charge < -0.3 is 4.57 Å². The summed E-state index contributed by atoms with van der Waals surface area (Å²) < 4.78 is 2.46. The van der Waals surface area contributed by atoms with Gasteiger partial charge in [0.15, 0.2) is 17.5 Å². The molecular formula is C57H40N4. The van der Waals surface area contributed by atoms with Gasteiger partial charge in [-0.2, -0.15) is 0 Å². The molecule has 0 saturated carbocycles. The molecule has 4 heteroatoms. The van der Waals surface area contributed by atoms with Crippen LogP contribution < -0.4 is 0 Å². The number of hydrogen-bond acceptors (Lipinski definition) is 3. The second kappa shape index (κ2) is 15.7. The Kier molecular flexibility index (Phi) is 9.29. The monoisotopic (exact) mass is 780 g/mol. The number of aromatic nitrogens is 4. The lowest BCUT2D eigenvalue weighted by Crippen LogP contribution is -2.04. The first-order valence-electron chi connectivity index (χ1n) is 20.9. The molecule has 0 radical (unpaired) electrons. The van der Waals surface area contributed by atoms with Gasteiger partial charge in [-0.3, -0.25) is 0 Å². The number of hydrogen-bond donors (Lipinski definition) is 0. The molecule has 1 aliphatic rings. The van der Waals surface area contributed by atoms with Crippen LogP contribution >= 0.6 is 0 Å². The largest absolute Gasteiger partial charge is 0.308 e. The van der Waals surface area contributed by atoms with Gasteiger partial charge in [-0.25, -0.2) is 15.0 Å². The van der Waals surface area contributed by atoms with Gasteiger partial charge in [-0.1, -0.05) is 200 Å². The van der Waals surface area contributed by atoms with Crippen LogP contribution in [0.2, 0.25) is 0 Å². The summed E-state index contributed by atoms with van der Waals surface area (Å²) in [5.74, 6) is 2.22. The summed E-state index contributed by atoms with van der Waals surface area (Å²) in [6.07, 6.45) is 9.83. The third-order valence-electron chi connectivity index (χ3n) is 11.8. The Bertz CT molecular complexity index is 3130. The van der Waals surface area contributed by atoms with Crippen molar-refractivity contribution in [2.24, 2.45) is 0 Å². The predicted molar refractivity (Wildman–Crippen MR) is 252 cm³/mol. The van der Waals surface area contributed by atoms with Gasteiger partial charge in [0.2, 0.25) is 0 Å². The molecular weight excluding hydrogens is 741 g/mol. The minimum atomic E-state index is 0.346. The first-order valence-corrected chi connectivity index (χ1v) is 20.9. The van der Waals surface area contributed by atoms with Crippen molar-refractivity contribution in [3.63, 3.8) is 0 Å². The highest BCUT2D eigenvalue weighted by molar-refractivity contribution is 6.11. The van der Waals surface area contributed by atoms with E-state index < -0.39 is 0 Å². The SMILES string of the molecule is C1=CC[C@H](c2ccc(-c3cc(-c4nc(-c5ccccc5)nc(-c5ccccc5)n4)cc(-c4ccc(-c5ccccc5)cc4)c3-n3c4ccccc4c4ccccc43)cc2)C=C1. The van der Waals surface area contributed by atoms with Gasteiger partial charge in [0, 0.05) is 44.5 Å². The summed E-state index contributed by atoms with van der Waals surface area (Å²) in [6, 6.07) is 71.2. The maximum atomic E-state index is 5.25. The van der Waals surface area contributed by atoms with Crippen molar-refractivity contribution in [3.05, 3.63) is 230 Å². The van der Waals surface area contributed by atoms with Crippen molar-refractivity contribution in [3.8, 4) is 73.2 Å². The van der Waals surface area contributed by atoms with E-state index in [2.05, 4.69) is 193 Å². The van der Waals surface area contributed by atoms with Crippen LogP contribution in [0.4, 0.5) is 0 Å². The van der Waals surface area contributed by atoms with Crippen molar-refractivity contribution in [1.82, 2.24) is 19.5 Å². The molecule has 288 valence electrons. The van der Waals surface area contributed by atoms with E-state index in [-0.39, 0.29) is 0 Å². The summed E-state index contributed by atoms with van der Waals surface area (Å²) in [5, 5.41) is 2.42. The lowest BCUT2D eigenvalue weighted by atomic mass is 9.89. The molecule has 1 aliphatic carbocycles. The number of benzene rings is 8. The molecule has 1 atom stereocenters. The Morgan fingerprint density at radius 1 is 0.377 bits per heavy atom. The standard InChI is InChI=1S/C57H40N4/c1-5-17-39(18-6-1)41-29-33-43(34-30-41)50-37-47(57-59-55(45-21-9-3-10-22-45)58-56(60-57)46-23-11-4-12-24-46)38-51(44-35-31-42(32-36-44)40-19-7-2-8-20-40)54(50)61-52-27-15-13-25-48(52)49-26-14-16-28-53(49)61/h1-19,21-38,40H,20H2/t40-/m1/s1. The number of nitrogens with zero attached hydrogens (tertiary/aromatic N) is 4. The van der Waals surface area contributed by atoms with Gasteiger partial charge in [0.25, 0.3) is 0 Å². The van der Waals surface area contributed by atoms with Crippen LogP contribution in [0, 0.1) is 0 Å². The van der Waals surface area contributed by atoms with E-state index in [9.17, 15) is 0 Å². The van der Waals surface area contributed by atoms with Gasteiger partial charge in [-0.05, 0) is 58.5 Å². The maximum absolute atomic E-state index is 5.25. The molecule has 0 amide bonds. The lowest BCUT2D eigenvalue weighted by molar-refractivity contribution is 0.854. The molecule has 0 aliphatic heterocycles. The molecule has 10 aromatic rings. The van der Waals surface area contributed by atoms with E-state index in [1.807, 2.05) is 36.4 Å². The molecule has 0 bridgehead atoms. The predicted octanol–water partition coefficient (Wildman–Crippen LogP) is 14.6. The quantitative estimate of drug-likeness (QED) is 0.154. The van der Waals surface area contributed by atoms with Crippen LogP contribution in [0.3, 0.4) is 0 Å². The molecule has 0 fully saturated rings. The van der Waals surface area contributed by atoms with Gasteiger partial charge >= 0.3 is 0 Å². The average Bonchev–Trinajstić information content (AvgIpc) is 3.68. The van der Waals surface area contributed by atoms with E-state index in [1.165, 1.54) is 27.5 Å². The van der Waals surface area contributed by atoms with E-state index in [4.69, 9.17) is 15.0 Å². The number of para-hydroxylation sites is 2. The van der Waals surface area contributed by atoms with E-state index in [1.54, 1.807) is 0 Å². The number of allylic oxidation sites excluding steroid dienone is 4. The van der Waals surface area contributed by atoms with Crippen molar-refractivity contribution in [2.75, 3.05) is 0 Å². The van der Waals surface area contributed by atoms with E-state index >= 15 is 0 Å². The minimum Gasteiger partial charge on any atom is -0.308 e. The van der Waals surface area contributed by atoms with Crippen LogP contribution in [0.5, 0.6) is 0 Å². The number of rotatable bonds is 8. The fraction of sp³-hybridized carbons (Fsp3) is 0.0351. The highest BCUT2D eigenvalue weighted by atomic mass is 15.0. The van der Waals surface area contributed by atoms with Crippen molar-refractivity contribution in [1.29, 1.82) is 0 Å². The zero-order valence-electron chi connectivity index (χ0n) is 33.4. The Labute approximate surface area is 355 Å². The first kappa shape index (κ1) is 36.2. The van der Waals surface area contributed by atoms with Crippen LogP contribution in [-0.4, -0.2) is 19.5 Å². The van der Waals surface area contributed by atoms with E-state index in [0.717, 1.165) is 62.1 Å². The molecule has 0 saturated heterocycles. The van der Waals surface area contributed by atoms with Gasteiger partial charge in [0.05, 0.1) is 16.7 Å². The molecule has 0 spiro atoms. The average molecular weight is 781 g/mol. The molecule has 4 nitrogen and oxygen atoms in total. The van der Waals surface area contributed by atoms with Crippen molar-refractivity contribution >= 4 is 21.8 Å². The summed E-state index contributed by atoms with van der Waals surface area (Å²) in [4.78, 5) is 15.5. The topological polar surface area (TPSA) is 43.6 Å². The second-order valence-electron chi connectivity index (χ2n) is 15.5. The molecule has 8 aromatic carbocycles. The van der Waals surface area contributed by atoms with Crippen LogP contribution in [-0.2, 0) is 0 Å². The lowest BCUT2D eigenvalue weighted by Gasteiger charge is -2.22. The molecule has 2 heterocycles. The molecule has 0 unspecified atom stereocenters. The third-order valence-corrected chi connectivity index (χ3v) is 11.8. The fourth-order valence-corrected chi connectivity index (χ4v) is 8.76. The van der Waals surface area contributed by atoms with Gasteiger partial charge in [0.1, 0.15) is 0 Å². The molecule has 0 N–H and O–H groups in total. The smallest absolute Gasteiger partial charge is 0.164 e. The third kappa shape index (κ3) is 6.84. The Morgan fingerprint density at radius 2 is 0.803 bits per heavy atom. The van der Waals surface area contributed by atoms with Crippen LogP contribution in [0.15, 0.2) is 224 Å². The summed E-state index contributed by atoms with van der Waals surface area (Å²) in [6.45, 7) is 0. The highest BCUT2D eigenvalue weighted by Gasteiger charge is 2.23. The second-order valence-corrected chi connectivity index (χ2v) is 15.5. The number of fused-ring (bicyclic) bond motifs is 3. The maximum Gasteiger partial charge on any atom is 0.164 e. The Morgan fingerprint density at radius 3 is 1.31 bits per heavy atom. The molecule has 61 heavy (non-hydrogen) atoms. The summed E-state index contributed by atoms with van der Waals surface area (Å²) in [5.41, 5.74) is 14.2. The summed E-state index contributed by atoms with van der Waals surface area (Å²) in [7, 11) is 0. The Balaban J connectivity index is 1.22. The molecule has 2 aromatic heterocycles. The zero-order valence-corrected chi connectivity index (χ0v) is 33.4. The molecule has 11 rings (SSSR count). The highest BCUT2D eigenvalue weighted by Crippen LogP contribution is 2.44. The van der Waals surface area contributed by atoms with Gasteiger partial charge in [-0.15, -0.1) is 0 Å².